The molecule has 0 spiro atoms. The molecule has 0 fully saturated rings. The number of hydrogen-bond donors (Lipinski definition) is 1. The molecule has 0 bridgehead atoms. The van der Waals surface area contributed by atoms with Crippen LogP contribution in [0.2, 0.25) is 0 Å². The Labute approximate surface area is 157 Å². The van der Waals surface area contributed by atoms with E-state index < -0.39 is 0 Å². The summed E-state index contributed by atoms with van der Waals surface area (Å²) in [5, 5.41) is 5.66. The van der Waals surface area contributed by atoms with Gasteiger partial charge in [-0.3, -0.25) is 4.79 Å². The third-order valence-corrected chi connectivity index (χ3v) is 4.84. The third-order valence-electron chi connectivity index (χ3n) is 3.97. The van der Waals surface area contributed by atoms with Crippen LogP contribution in [0.5, 0.6) is 5.75 Å². The van der Waals surface area contributed by atoms with Crippen LogP contribution in [0.15, 0.2) is 53.9 Å². The van der Waals surface area contributed by atoms with Gasteiger partial charge in [0.15, 0.2) is 0 Å². The number of ether oxygens (including phenoxy) is 1. The zero-order valence-corrected chi connectivity index (χ0v) is 15.8. The average Bonchev–Trinajstić information content (AvgIpc) is 3.09. The van der Waals surface area contributed by atoms with Crippen molar-refractivity contribution in [3.05, 3.63) is 75.7 Å². The number of nitrogens with zero attached hydrogens (tertiary/aromatic N) is 1. The molecule has 0 unspecified atom stereocenters. The molecule has 0 aliphatic heterocycles. The van der Waals surface area contributed by atoms with Gasteiger partial charge >= 0.3 is 0 Å². The van der Waals surface area contributed by atoms with Crippen molar-refractivity contribution in [2.45, 2.75) is 33.3 Å². The van der Waals surface area contributed by atoms with E-state index in [4.69, 9.17) is 4.74 Å². The van der Waals surface area contributed by atoms with Crippen molar-refractivity contribution in [1.29, 1.82) is 0 Å². The number of anilines is 1. The highest BCUT2D eigenvalue weighted by Gasteiger charge is 2.09. The van der Waals surface area contributed by atoms with Crippen molar-refractivity contribution in [2.24, 2.45) is 0 Å². The molecule has 0 saturated carbocycles. The number of amides is 1. The van der Waals surface area contributed by atoms with Crippen molar-refractivity contribution < 1.29 is 9.53 Å². The van der Waals surface area contributed by atoms with E-state index in [2.05, 4.69) is 29.4 Å². The fourth-order valence-corrected chi connectivity index (χ4v) is 3.17. The summed E-state index contributed by atoms with van der Waals surface area (Å²) >= 11 is 1.51. The Bertz CT molecular complexity index is 854. The first kappa shape index (κ1) is 18.1. The number of thiazole rings is 1. The molecule has 3 aromatic rings. The topological polar surface area (TPSA) is 51.2 Å². The zero-order valence-electron chi connectivity index (χ0n) is 15.0. The van der Waals surface area contributed by atoms with Gasteiger partial charge in [-0.2, -0.15) is 0 Å². The molecule has 134 valence electrons. The molecule has 0 atom stereocenters. The summed E-state index contributed by atoms with van der Waals surface area (Å²) in [5.74, 6) is 0.762. The summed E-state index contributed by atoms with van der Waals surface area (Å²) in [5.41, 5.74) is 4.01. The quantitative estimate of drug-likeness (QED) is 0.655. The monoisotopic (exact) mass is 366 g/mol. The van der Waals surface area contributed by atoms with Crippen LogP contribution in [0.3, 0.4) is 0 Å². The van der Waals surface area contributed by atoms with Gasteiger partial charge in [-0.05, 0) is 43.2 Å². The van der Waals surface area contributed by atoms with Crippen molar-refractivity contribution in [2.75, 3.05) is 5.32 Å². The van der Waals surface area contributed by atoms with Crippen LogP contribution in [-0.2, 0) is 24.2 Å². The fourth-order valence-electron chi connectivity index (χ4n) is 2.47. The summed E-state index contributed by atoms with van der Waals surface area (Å²) in [6.07, 6.45) is 1.27. The molecule has 26 heavy (non-hydrogen) atoms. The van der Waals surface area contributed by atoms with E-state index in [-0.39, 0.29) is 12.3 Å². The van der Waals surface area contributed by atoms with E-state index >= 15 is 0 Å². The van der Waals surface area contributed by atoms with Gasteiger partial charge in [-0.1, -0.05) is 36.8 Å². The molecule has 1 heterocycles. The molecular formula is C21H22N2O2S. The number of benzene rings is 2. The van der Waals surface area contributed by atoms with Crippen molar-refractivity contribution >= 4 is 22.9 Å². The molecule has 4 nitrogen and oxygen atoms in total. The summed E-state index contributed by atoms with van der Waals surface area (Å²) < 4.78 is 5.76. The molecule has 0 saturated heterocycles. The molecular weight excluding hydrogens is 344 g/mol. The van der Waals surface area contributed by atoms with Crippen molar-refractivity contribution in [1.82, 2.24) is 4.98 Å². The van der Waals surface area contributed by atoms with E-state index in [1.54, 1.807) is 0 Å². The average molecular weight is 366 g/mol. The Hall–Kier alpha value is -2.66. The molecule has 5 heteroatoms. The first-order valence-electron chi connectivity index (χ1n) is 8.64. The maximum absolute atomic E-state index is 12.1. The van der Waals surface area contributed by atoms with Gasteiger partial charge in [0.2, 0.25) is 5.91 Å². The predicted octanol–water partition coefficient (Wildman–Crippen LogP) is 4.77. The minimum absolute atomic E-state index is 0.0678. The van der Waals surface area contributed by atoms with Gasteiger partial charge < -0.3 is 10.1 Å². The molecule has 1 N–H and O–H groups in total. The third kappa shape index (κ3) is 5.17. The largest absolute Gasteiger partial charge is 0.486 e. The molecule has 1 aromatic heterocycles. The summed E-state index contributed by atoms with van der Waals surface area (Å²) in [6.45, 7) is 4.56. The van der Waals surface area contributed by atoms with E-state index in [0.717, 1.165) is 34.1 Å². The Morgan fingerprint density at radius 1 is 1.12 bits per heavy atom. The lowest BCUT2D eigenvalue weighted by atomic mass is 10.2. The number of carbonyl (C=O) groups is 1. The summed E-state index contributed by atoms with van der Waals surface area (Å²) in [6, 6.07) is 15.8. The highest BCUT2D eigenvalue weighted by molar-refractivity contribution is 7.09. The van der Waals surface area contributed by atoms with Gasteiger partial charge in [0.1, 0.15) is 17.4 Å². The maximum Gasteiger partial charge on any atom is 0.230 e. The second kappa shape index (κ2) is 8.63. The van der Waals surface area contributed by atoms with Gasteiger partial charge in [-0.25, -0.2) is 4.98 Å². The highest BCUT2D eigenvalue weighted by atomic mass is 32.1. The number of carbonyl (C=O) groups excluding carboxylic acids is 1. The lowest BCUT2D eigenvalue weighted by Crippen LogP contribution is -2.14. The molecule has 0 aliphatic carbocycles. The molecule has 1 amide bonds. The molecule has 2 aromatic carbocycles. The second-order valence-electron chi connectivity index (χ2n) is 6.11. The lowest BCUT2D eigenvalue weighted by molar-refractivity contribution is -0.115. The summed E-state index contributed by atoms with van der Waals surface area (Å²) in [4.78, 5) is 16.6. The number of rotatable bonds is 7. The Morgan fingerprint density at radius 2 is 1.85 bits per heavy atom. The zero-order chi connectivity index (χ0) is 18.4. The smallest absolute Gasteiger partial charge is 0.230 e. The molecule has 0 aliphatic rings. The van der Waals surface area contributed by atoms with E-state index in [0.29, 0.717) is 6.61 Å². The van der Waals surface area contributed by atoms with Crippen LogP contribution < -0.4 is 10.1 Å². The van der Waals surface area contributed by atoms with Gasteiger partial charge in [0, 0.05) is 11.1 Å². The normalized spacial score (nSPS) is 10.5. The Kier molecular flexibility index (Phi) is 6.02. The minimum atomic E-state index is -0.0678. The molecule has 0 radical (unpaired) electrons. The number of aryl methyl sites for hydroxylation is 2. The van der Waals surface area contributed by atoms with E-state index in [9.17, 15) is 4.79 Å². The Balaban J connectivity index is 1.50. The van der Waals surface area contributed by atoms with Gasteiger partial charge in [-0.15, -0.1) is 11.3 Å². The van der Waals surface area contributed by atoms with Gasteiger partial charge in [0.25, 0.3) is 0 Å². The SMILES string of the molecule is CCc1ccc(OCc2nc(CC(=O)Nc3ccc(C)cc3)cs2)cc1. The first-order valence-corrected chi connectivity index (χ1v) is 9.52. The van der Waals surface area contributed by atoms with E-state index in [1.807, 2.05) is 48.7 Å². The lowest BCUT2D eigenvalue weighted by Gasteiger charge is -2.05. The number of nitrogens with one attached hydrogen (secondary N) is 1. The first-order chi connectivity index (χ1) is 12.6. The van der Waals surface area contributed by atoms with Crippen molar-refractivity contribution in [3.63, 3.8) is 0 Å². The fraction of sp³-hybridized carbons (Fsp3) is 0.238. The van der Waals surface area contributed by atoms with Gasteiger partial charge in [0.05, 0.1) is 12.1 Å². The van der Waals surface area contributed by atoms with Crippen LogP contribution in [0.1, 0.15) is 28.8 Å². The predicted molar refractivity (Wildman–Crippen MR) is 106 cm³/mol. The number of hydrogen-bond acceptors (Lipinski definition) is 4. The van der Waals surface area contributed by atoms with Crippen molar-refractivity contribution in [3.8, 4) is 5.75 Å². The maximum atomic E-state index is 12.1. The second-order valence-corrected chi connectivity index (χ2v) is 7.05. The van der Waals surface area contributed by atoms with Crippen LogP contribution in [-0.4, -0.2) is 10.9 Å². The van der Waals surface area contributed by atoms with Crippen LogP contribution >= 0.6 is 11.3 Å². The summed E-state index contributed by atoms with van der Waals surface area (Å²) in [7, 11) is 0. The van der Waals surface area contributed by atoms with Crippen LogP contribution in [0.25, 0.3) is 0 Å². The molecule has 3 rings (SSSR count). The standard InChI is InChI=1S/C21H22N2O2S/c1-3-16-6-10-19(11-7-16)25-13-21-23-18(14-26-21)12-20(24)22-17-8-4-15(2)5-9-17/h4-11,14H,3,12-13H2,1-2H3,(H,22,24). The number of aromatic nitrogens is 1. The minimum Gasteiger partial charge on any atom is -0.486 e. The van der Waals surface area contributed by atoms with E-state index in [1.165, 1.54) is 16.9 Å². The highest BCUT2D eigenvalue weighted by Crippen LogP contribution is 2.17. The Morgan fingerprint density at radius 3 is 2.54 bits per heavy atom. The van der Waals surface area contributed by atoms with Crippen LogP contribution in [0, 0.1) is 6.92 Å². The van der Waals surface area contributed by atoms with Crippen LogP contribution in [0.4, 0.5) is 5.69 Å².